The molecular formula is C43H76NO9P. The van der Waals surface area contributed by atoms with Crippen LogP contribution in [0.1, 0.15) is 162 Å². The Kier molecular flexibility index (Phi) is 37.2. The van der Waals surface area contributed by atoms with E-state index in [-0.39, 0.29) is 32.6 Å². The van der Waals surface area contributed by atoms with Crippen LogP contribution in [-0.2, 0) is 32.7 Å². The van der Waals surface area contributed by atoms with Gasteiger partial charge in [0.15, 0.2) is 6.10 Å². The summed E-state index contributed by atoms with van der Waals surface area (Å²) in [6, 6.07) is 0. The van der Waals surface area contributed by atoms with Gasteiger partial charge < -0.3 is 25.2 Å². The molecule has 3 atom stereocenters. The second-order valence-corrected chi connectivity index (χ2v) is 15.1. The molecule has 0 bridgehead atoms. The molecule has 312 valence electrons. The number of ether oxygens (including phenoxy) is 2. The van der Waals surface area contributed by atoms with E-state index in [9.17, 15) is 24.2 Å². The van der Waals surface area contributed by atoms with E-state index in [1.807, 2.05) is 30.4 Å². The van der Waals surface area contributed by atoms with Crippen molar-refractivity contribution in [3.63, 3.8) is 0 Å². The smallest absolute Gasteiger partial charge is 0.462 e. The van der Waals surface area contributed by atoms with E-state index < -0.39 is 38.6 Å². The van der Waals surface area contributed by atoms with Crippen molar-refractivity contribution >= 4 is 19.8 Å². The standard InChI is InChI=1S/C43H76NO9P/c1-3-5-7-9-11-13-15-16-17-18-19-21-23-25-30-34-42(46)50-38-41(39-52-54(48,49)51-37-36-44)53-43(47)35-31-27-26-29-33-40(45)32-28-24-22-20-14-12-10-8-6-4-2/h6,8,12,14,22,24,26,28-29,32,40-41,45H,3-5,7,9-11,13,15-21,23,25,27,30-31,33-39,44H2,1-2H3,(H,48,49)/b8-6-,14-12-,24-22-,29-26-,32-28+. The highest BCUT2D eigenvalue weighted by Crippen LogP contribution is 2.43. The van der Waals surface area contributed by atoms with Crippen molar-refractivity contribution in [2.24, 2.45) is 5.73 Å². The zero-order valence-corrected chi connectivity index (χ0v) is 34.7. The van der Waals surface area contributed by atoms with Crippen molar-refractivity contribution in [2.45, 2.75) is 174 Å². The van der Waals surface area contributed by atoms with Crippen molar-refractivity contribution in [2.75, 3.05) is 26.4 Å². The highest BCUT2D eigenvalue weighted by molar-refractivity contribution is 7.47. The Bertz CT molecular complexity index is 1090. The van der Waals surface area contributed by atoms with Gasteiger partial charge in [0.2, 0.25) is 0 Å². The van der Waals surface area contributed by atoms with Crippen LogP contribution in [0.5, 0.6) is 0 Å². The third kappa shape index (κ3) is 38.0. The van der Waals surface area contributed by atoms with Crippen LogP contribution in [-0.4, -0.2) is 60.5 Å². The molecule has 0 aliphatic carbocycles. The van der Waals surface area contributed by atoms with E-state index >= 15 is 0 Å². The molecule has 0 aromatic rings. The number of carbonyl (C=O) groups excluding carboxylic acids is 2. The average molecular weight is 782 g/mol. The van der Waals surface area contributed by atoms with Gasteiger partial charge in [0, 0.05) is 19.4 Å². The number of hydrogen-bond acceptors (Lipinski definition) is 9. The highest BCUT2D eigenvalue weighted by Gasteiger charge is 2.25. The van der Waals surface area contributed by atoms with Crippen LogP contribution in [0, 0.1) is 0 Å². The number of allylic oxidation sites excluding steroid dienone is 8. The first kappa shape index (κ1) is 51.7. The Morgan fingerprint density at radius 1 is 0.667 bits per heavy atom. The first-order valence-corrected chi connectivity index (χ1v) is 22.4. The van der Waals surface area contributed by atoms with Crippen molar-refractivity contribution in [1.82, 2.24) is 0 Å². The molecule has 0 aliphatic heterocycles. The molecule has 0 radical (unpaired) electrons. The van der Waals surface area contributed by atoms with Crippen LogP contribution in [0.15, 0.2) is 60.8 Å². The Balaban J connectivity index is 4.36. The Hall–Kier alpha value is -2.33. The summed E-state index contributed by atoms with van der Waals surface area (Å²) in [6.07, 6.45) is 41.4. The van der Waals surface area contributed by atoms with Gasteiger partial charge in [-0.1, -0.05) is 164 Å². The second kappa shape index (κ2) is 38.9. The Morgan fingerprint density at radius 2 is 1.24 bits per heavy atom. The number of unbranched alkanes of at least 4 members (excludes halogenated alkanes) is 15. The molecular weight excluding hydrogens is 705 g/mol. The maximum Gasteiger partial charge on any atom is 0.472 e. The quantitative estimate of drug-likeness (QED) is 0.0181. The Labute approximate surface area is 328 Å². The fourth-order valence-electron chi connectivity index (χ4n) is 5.40. The summed E-state index contributed by atoms with van der Waals surface area (Å²) in [4.78, 5) is 34.8. The van der Waals surface area contributed by atoms with Crippen LogP contribution in [0.3, 0.4) is 0 Å². The molecule has 0 aromatic carbocycles. The Morgan fingerprint density at radius 3 is 1.85 bits per heavy atom. The SMILES string of the molecule is CC/C=C\C/C=C\C/C=C\C=C\C(O)C/C=C\CCCC(=O)OC(COC(=O)CCCCCCCCCCCCCCCCC)COP(=O)(O)OCCN. The van der Waals surface area contributed by atoms with Crippen LogP contribution < -0.4 is 5.73 Å². The maximum absolute atomic E-state index is 12.6. The van der Waals surface area contributed by atoms with E-state index in [0.717, 1.165) is 38.5 Å². The molecule has 0 saturated heterocycles. The van der Waals surface area contributed by atoms with E-state index in [1.165, 1.54) is 70.6 Å². The average Bonchev–Trinajstić information content (AvgIpc) is 3.15. The molecule has 0 aliphatic rings. The van der Waals surface area contributed by atoms with Crippen LogP contribution >= 0.6 is 7.82 Å². The topological polar surface area (TPSA) is 155 Å². The highest BCUT2D eigenvalue weighted by atomic mass is 31.2. The minimum Gasteiger partial charge on any atom is -0.462 e. The predicted molar refractivity (Wildman–Crippen MR) is 221 cm³/mol. The minimum absolute atomic E-state index is 0.0283. The van der Waals surface area contributed by atoms with E-state index in [1.54, 1.807) is 6.08 Å². The number of aliphatic hydroxyl groups is 1. The van der Waals surface area contributed by atoms with Gasteiger partial charge in [-0.15, -0.1) is 0 Å². The lowest BCUT2D eigenvalue weighted by atomic mass is 10.0. The zero-order valence-electron chi connectivity index (χ0n) is 33.8. The van der Waals surface area contributed by atoms with E-state index in [2.05, 4.69) is 38.2 Å². The monoisotopic (exact) mass is 782 g/mol. The third-order valence-electron chi connectivity index (χ3n) is 8.50. The third-order valence-corrected chi connectivity index (χ3v) is 9.48. The van der Waals surface area contributed by atoms with Crippen molar-refractivity contribution < 1.29 is 42.7 Å². The van der Waals surface area contributed by atoms with Crippen molar-refractivity contribution in [3.8, 4) is 0 Å². The van der Waals surface area contributed by atoms with E-state index in [0.29, 0.717) is 25.7 Å². The molecule has 0 fully saturated rings. The molecule has 54 heavy (non-hydrogen) atoms. The number of esters is 2. The van der Waals surface area contributed by atoms with Crippen molar-refractivity contribution in [3.05, 3.63) is 60.8 Å². The van der Waals surface area contributed by atoms with Crippen LogP contribution in [0.4, 0.5) is 0 Å². The summed E-state index contributed by atoms with van der Waals surface area (Å²) in [5.74, 6) is -0.966. The number of aliphatic hydroxyl groups excluding tert-OH is 1. The summed E-state index contributed by atoms with van der Waals surface area (Å²) < 4.78 is 32.6. The van der Waals surface area contributed by atoms with Gasteiger partial charge in [-0.2, -0.15) is 0 Å². The van der Waals surface area contributed by atoms with Gasteiger partial charge in [-0.3, -0.25) is 18.6 Å². The van der Waals surface area contributed by atoms with Gasteiger partial charge >= 0.3 is 19.8 Å². The molecule has 0 spiro atoms. The summed E-state index contributed by atoms with van der Waals surface area (Å²) in [5, 5.41) is 10.1. The summed E-state index contributed by atoms with van der Waals surface area (Å²) >= 11 is 0. The van der Waals surface area contributed by atoms with E-state index in [4.69, 9.17) is 24.3 Å². The summed E-state index contributed by atoms with van der Waals surface area (Å²) in [6.45, 7) is 3.43. The van der Waals surface area contributed by atoms with Gasteiger partial charge in [-0.05, 0) is 44.9 Å². The maximum atomic E-state index is 12.6. The largest absolute Gasteiger partial charge is 0.472 e. The lowest BCUT2D eigenvalue weighted by Gasteiger charge is -2.19. The van der Waals surface area contributed by atoms with Crippen LogP contribution in [0.25, 0.3) is 0 Å². The summed E-state index contributed by atoms with van der Waals surface area (Å²) in [5.41, 5.74) is 5.33. The molecule has 11 heteroatoms. The first-order chi connectivity index (χ1) is 26.2. The number of carbonyl (C=O) groups is 2. The second-order valence-electron chi connectivity index (χ2n) is 13.7. The van der Waals surface area contributed by atoms with Crippen molar-refractivity contribution in [1.29, 1.82) is 0 Å². The number of phosphoric acid groups is 1. The molecule has 0 heterocycles. The number of phosphoric ester groups is 1. The number of rotatable bonds is 38. The van der Waals surface area contributed by atoms with Crippen LogP contribution in [0.2, 0.25) is 0 Å². The van der Waals surface area contributed by atoms with Gasteiger partial charge in [0.05, 0.1) is 19.3 Å². The van der Waals surface area contributed by atoms with Gasteiger partial charge in [0.1, 0.15) is 6.61 Å². The predicted octanol–water partition coefficient (Wildman–Crippen LogP) is 10.7. The first-order valence-electron chi connectivity index (χ1n) is 20.9. The molecule has 0 aromatic heterocycles. The minimum atomic E-state index is -4.42. The summed E-state index contributed by atoms with van der Waals surface area (Å²) in [7, 11) is -4.42. The van der Waals surface area contributed by atoms with Gasteiger partial charge in [-0.25, -0.2) is 4.57 Å². The molecule has 0 saturated carbocycles. The molecule has 3 unspecified atom stereocenters. The zero-order chi connectivity index (χ0) is 39.8. The van der Waals surface area contributed by atoms with Gasteiger partial charge in [0.25, 0.3) is 0 Å². The normalized spacial score (nSPS) is 14.5. The lowest BCUT2D eigenvalue weighted by molar-refractivity contribution is -0.161. The fraction of sp³-hybridized carbons (Fsp3) is 0.721. The fourth-order valence-corrected chi connectivity index (χ4v) is 6.17. The number of nitrogens with two attached hydrogens (primary N) is 1. The molecule has 4 N–H and O–H groups in total. The number of hydrogen-bond donors (Lipinski definition) is 3. The lowest BCUT2D eigenvalue weighted by Crippen LogP contribution is -2.29. The molecule has 0 rings (SSSR count). The molecule has 0 amide bonds. The molecule has 10 nitrogen and oxygen atoms in total.